The molecule has 1 aromatic carbocycles. The van der Waals surface area contributed by atoms with E-state index in [9.17, 15) is 9.59 Å². The number of ether oxygens (including phenoxy) is 1. The van der Waals surface area contributed by atoms with Crippen molar-refractivity contribution < 1.29 is 14.3 Å². The summed E-state index contributed by atoms with van der Waals surface area (Å²) in [5.41, 5.74) is 4.29. The van der Waals surface area contributed by atoms with Crippen molar-refractivity contribution in [1.82, 2.24) is 14.7 Å². The normalized spacial score (nSPS) is 19.0. The van der Waals surface area contributed by atoms with Crippen LogP contribution in [-0.4, -0.2) is 79.1 Å². The number of anilines is 1. The molecule has 3 amide bonds. The first-order valence-electron chi connectivity index (χ1n) is 12.3. The molecule has 1 fully saturated rings. The molecule has 0 aliphatic carbocycles. The number of morpholine rings is 1. The first-order chi connectivity index (χ1) is 17.1. The minimum absolute atomic E-state index is 0.0367. The van der Waals surface area contributed by atoms with E-state index in [0.717, 1.165) is 69.0 Å². The molecule has 0 atom stereocenters. The smallest absolute Gasteiger partial charge is 0.322 e. The van der Waals surface area contributed by atoms with Crippen LogP contribution < -0.4 is 5.32 Å². The monoisotopic (exact) mass is 492 g/mol. The first-order valence-corrected chi connectivity index (χ1v) is 13.2. The van der Waals surface area contributed by atoms with E-state index >= 15 is 0 Å². The number of hydrogen-bond donors (Lipinski definition) is 1. The largest absolute Gasteiger partial charge is 0.379 e. The lowest BCUT2D eigenvalue weighted by atomic mass is 10.0. The number of nitrogens with zero attached hydrogens (tertiary/aromatic N) is 3. The Balaban J connectivity index is 1.15. The molecule has 3 aliphatic rings. The molecule has 0 unspecified atom stereocenters. The van der Waals surface area contributed by atoms with Crippen molar-refractivity contribution in [3.63, 3.8) is 0 Å². The number of benzene rings is 1. The molecule has 35 heavy (non-hydrogen) atoms. The maximum Gasteiger partial charge on any atom is 0.322 e. The standard InChI is InChI=1S/C27H32N4O3S/c32-26(30-9-7-22(8-10-30)19-24-2-1-17-35-24)6-4-21-3-5-25-23(18-21)20-31(27(33)28-25)12-11-29-13-15-34-16-14-29/h1-7,17-18H,8-16,19-20H2,(H,28,33)/b6-4+. The molecule has 1 aromatic heterocycles. The van der Waals surface area contributed by atoms with Crippen molar-refractivity contribution in [1.29, 1.82) is 0 Å². The summed E-state index contributed by atoms with van der Waals surface area (Å²) in [5.74, 6) is 0.0367. The summed E-state index contributed by atoms with van der Waals surface area (Å²) in [6.07, 6.45) is 7.66. The van der Waals surface area contributed by atoms with Gasteiger partial charge in [-0.2, -0.15) is 0 Å². The minimum atomic E-state index is -0.0548. The van der Waals surface area contributed by atoms with Crippen molar-refractivity contribution in [2.45, 2.75) is 19.4 Å². The zero-order chi connectivity index (χ0) is 24.0. The van der Waals surface area contributed by atoms with Crippen LogP contribution in [0.25, 0.3) is 6.08 Å². The highest BCUT2D eigenvalue weighted by molar-refractivity contribution is 7.09. The summed E-state index contributed by atoms with van der Waals surface area (Å²) < 4.78 is 5.40. The van der Waals surface area contributed by atoms with Crippen LogP contribution in [0.2, 0.25) is 0 Å². The van der Waals surface area contributed by atoms with Crippen molar-refractivity contribution >= 4 is 35.0 Å². The molecule has 184 valence electrons. The van der Waals surface area contributed by atoms with E-state index in [1.807, 2.05) is 28.0 Å². The first kappa shape index (κ1) is 23.8. The maximum absolute atomic E-state index is 12.7. The highest BCUT2D eigenvalue weighted by Gasteiger charge is 2.23. The third kappa shape index (κ3) is 6.20. The summed E-state index contributed by atoms with van der Waals surface area (Å²) in [6.45, 7) is 6.87. The van der Waals surface area contributed by atoms with Gasteiger partial charge in [-0.3, -0.25) is 9.69 Å². The maximum atomic E-state index is 12.7. The third-order valence-corrected chi connectivity index (χ3v) is 7.70. The van der Waals surface area contributed by atoms with Crippen LogP contribution in [0.3, 0.4) is 0 Å². The van der Waals surface area contributed by atoms with Gasteiger partial charge in [0.15, 0.2) is 0 Å². The average molecular weight is 493 g/mol. The van der Waals surface area contributed by atoms with E-state index in [4.69, 9.17) is 4.74 Å². The molecule has 8 heteroatoms. The van der Waals surface area contributed by atoms with Crippen LogP contribution in [0.15, 0.2) is 53.4 Å². The number of fused-ring (bicyclic) bond motifs is 1. The average Bonchev–Trinajstić information content (AvgIpc) is 3.40. The summed E-state index contributed by atoms with van der Waals surface area (Å²) in [7, 11) is 0. The van der Waals surface area contributed by atoms with Crippen LogP contribution in [0, 0.1) is 0 Å². The number of carbonyl (C=O) groups is 2. The molecule has 0 saturated carbocycles. The third-order valence-electron chi connectivity index (χ3n) is 6.82. The van der Waals surface area contributed by atoms with Gasteiger partial charge in [-0.25, -0.2) is 4.79 Å². The molecule has 0 bridgehead atoms. The van der Waals surface area contributed by atoms with Crippen molar-refractivity contribution in [3.05, 3.63) is 69.4 Å². The lowest BCUT2D eigenvalue weighted by Crippen LogP contribution is -2.45. The molecule has 5 rings (SSSR count). The Morgan fingerprint density at radius 3 is 2.80 bits per heavy atom. The second kappa shape index (κ2) is 11.2. The number of urea groups is 1. The Morgan fingerprint density at radius 2 is 2.03 bits per heavy atom. The van der Waals surface area contributed by atoms with E-state index in [-0.39, 0.29) is 11.9 Å². The zero-order valence-electron chi connectivity index (χ0n) is 19.9. The second-order valence-electron chi connectivity index (χ2n) is 9.21. The molecule has 3 aliphatic heterocycles. The Kier molecular flexibility index (Phi) is 7.61. The van der Waals surface area contributed by atoms with Gasteiger partial charge in [-0.15, -0.1) is 11.3 Å². The number of hydrogen-bond acceptors (Lipinski definition) is 5. The van der Waals surface area contributed by atoms with Gasteiger partial charge in [0.1, 0.15) is 0 Å². The van der Waals surface area contributed by atoms with Gasteiger partial charge in [-0.05, 0) is 47.2 Å². The van der Waals surface area contributed by atoms with Gasteiger partial charge in [0.05, 0.1) is 13.2 Å². The van der Waals surface area contributed by atoms with Crippen LogP contribution >= 0.6 is 11.3 Å². The molecule has 1 saturated heterocycles. The molecular formula is C27H32N4O3S. The van der Waals surface area contributed by atoms with E-state index in [1.165, 1.54) is 10.5 Å². The van der Waals surface area contributed by atoms with E-state index < -0.39 is 0 Å². The fraction of sp³-hybridized carbons (Fsp3) is 0.407. The Hall–Kier alpha value is -2.94. The Morgan fingerprint density at radius 1 is 1.14 bits per heavy atom. The molecule has 4 heterocycles. The summed E-state index contributed by atoms with van der Waals surface area (Å²) in [5, 5.41) is 5.11. The Labute approximate surface area is 210 Å². The summed E-state index contributed by atoms with van der Waals surface area (Å²) in [4.78, 5) is 32.7. The molecule has 0 spiro atoms. The van der Waals surface area contributed by atoms with E-state index in [1.54, 1.807) is 17.4 Å². The van der Waals surface area contributed by atoms with Crippen LogP contribution in [-0.2, 0) is 22.5 Å². The second-order valence-corrected chi connectivity index (χ2v) is 10.2. The number of carbonyl (C=O) groups excluding carboxylic acids is 2. The van der Waals surface area contributed by atoms with Crippen molar-refractivity contribution in [2.75, 3.05) is 57.8 Å². The van der Waals surface area contributed by atoms with Gasteiger partial charge in [0.2, 0.25) is 5.91 Å². The zero-order valence-corrected chi connectivity index (χ0v) is 20.8. The topological polar surface area (TPSA) is 65.1 Å². The van der Waals surface area contributed by atoms with Gasteiger partial charge >= 0.3 is 6.03 Å². The lowest BCUT2D eigenvalue weighted by molar-refractivity contribution is -0.125. The quantitative estimate of drug-likeness (QED) is 0.471. The molecular weight excluding hydrogens is 460 g/mol. The molecule has 0 radical (unpaired) electrons. The number of rotatable bonds is 7. The number of amides is 3. The van der Waals surface area contributed by atoms with Gasteiger partial charge < -0.3 is 19.9 Å². The van der Waals surface area contributed by atoms with Crippen LogP contribution in [0.4, 0.5) is 10.5 Å². The summed E-state index contributed by atoms with van der Waals surface area (Å²) in [6, 6.07) is 10.1. The number of thiophene rings is 1. The molecule has 2 aromatic rings. The fourth-order valence-electron chi connectivity index (χ4n) is 4.69. The van der Waals surface area contributed by atoms with E-state index in [0.29, 0.717) is 19.6 Å². The van der Waals surface area contributed by atoms with Gasteiger partial charge in [-0.1, -0.05) is 23.8 Å². The van der Waals surface area contributed by atoms with Gasteiger partial charge in [0, 0.05) is 68.9 Å². The van der Waals surface area contributed by atoms with E-state index in [2.05, 4.69) is 39.9 Å². The SMILES string of the molecule is O=C(/C=C/c1ccc2c(c1)CN(CCN1CCOCC1)C(=O)N2)N1CC=C(Cc2cccs2)CC1. The molecule has 7 nitrogen and oxygen atoms in total. The Bertz CT molecular complexity index is 1110. The predicted molar refractivity (Wildman–Crippen MR) is 139 cm³/mol. The number of nitrogens with one attached hydrogen (secondary N) is 1. The predicted octanol–water partition coefficient (Wildman–Crippen LogP) is 3.84. The highest BCUT2D eigenvalue weighted by atomic mass is 32.1. The highest BCUT2D eigenvalue weighted by Crippen LogP contribution is 2.25. The lowest BCUT2D eigenvalue weighted by Gasteiger charge is -2.33. The van der Waals surface area contributed by atoms with Crippen LogP contribution in [0.5, 0.6) is 0 Å². The van der Waals surface area contributed by atoms with Crippen molar-refractivity contribution in [3.8, 4) is 0 Å². The van der Waals surface area contributed by atoms with Crippen LogP contribution in [0.1, 0.15) is 22.4 Å². The minimum Gasteiger partial charge on any atom is -0.379 e. The van der Waals surface area contributed by atoms with Gasteiger partial charge in [0.25, 0.3) is 0 Å². The fourth-order valence-corrected chi connectivity index (χ4v) is 5.45. The summed E-state index contributed by atoms with van der Waals surface area (Å²) >= 11 is 1.78. The molecule has 1 N–H and O–H groups in total. The van der Waals surface area contributed by atoms with Crippen molar-refractivity contribution in [2.24, 2.45) is 0 Å².